The van der Waals surface area contributed by atoms with Crippen LogP contribution in [-0.4, -0.2) is 20.8 Å². The van der Waals surface area contributed by atoms with Gasteiger partial charge >= 0.3 is 0 Å². The van der Waals surface area contributed by atoms with Gasteiger partial charge in [-0.2, -0.15) is 5.10 Å². The number of carbonyl (C=O) groups excluding carboxylic acids is 1. The fourth-order valence-corrected chi connectivity index (χ4v) is 5.79. The molecule has 4 aromatic carbocycles. The maximum atomic E-state index is 13.6. The van der Waals surface area contributed by atoms with Crippen LogP contribution in [0.15, 0.2) is 115 Å². The monoisotopic (exact) mass is 484 g/mol. The van der Waals surface area contributed by atoms with Crippen molar-refractivity contribution in [1.29, 1.82) is 0 Å². The van der Waals surface area contributed by atoms with Gasteiger partial charge in [-0.15, -0.1) is 0 Å². The molecule has 6 nitrogen and oxygen atoms in total. The number of nitrogens with one attached hydrogen (secondary N) is 2. The molecule has 0 aliphatic carbocycles. The van der Waals surface area contributed by atoms with Gasteiger partial charge < -0.3 is 15.7 Å². The number of hydrogen-bond acceptors (Lipinski definition) is 4. The lowest BCUT2D eigenvalue weighted by Gasteiger charge is -2.34. The zero-order valence-electron chi connectivity index (χ0n) is 19.9. The first-order valence-corrected chi connectivity index (χ1v) is 12.3. The normalized spacial score (nSPS) is 21.7. The number of benzene rings is 4. The molecule has 3 unspecified atom stereocenters. The Balaban J connectivity index is 1.54. The van der Waals surface area contributed by atoms with E-state index in [9.17, 15) is 9.90 Å². The first-order chi connectivity index (χ1) is 18.1. The van der Waals surface area contributed by atoms with Crippen LogP contribution in [0.2, 0.25) is 0 Å². The number of para-hydroxylation sites is 2. The highest BCUT2D eigenvalue weighted by Gasteiger charge is 2.57. The van der Waals surface area contributed by atoms with Crippen LogP contribution in [0.1, 0.15) is 28.5 Å². The van der Waals surface area contributed by atoms with Gasteiger partial charge in [0.15, 0.2) is 5.72 Å². The Morgan fingerprint density at radius 3 is 2.14 bits per heavy atom. The van der Waals surface area contributed by atoms with E-state index in [0.29, 0.717) is 11.4 Å². The van der Waals surface area contributed by atoms with E-state index in [1.165, 1.54) is 0 Å². The van der Waals surface area contributed by atoms with Gasteiger partial charge in [0.2, 0.25) is 5.91 Å². The predicted octanol–water partition coefficient (Wildman–Crippen LogP) is 5.63. The van der Waals surface area contributed by atoms with Crippen molar-refractivity contribution in [3.05, 3.63) is 132 Å². The number of fused-ring (bicyclic) bond motifs is 2. The van der Waals surface area contributed by atoms with Crippen molar-refractivity contribution < 1.29 is 9.90 Å². The quantitative estimate of drug-likeness (QED) is 0.309. The van der Waals surface area contributed by atoms with Crippen molar-refractivity contribution in [1.82, 2.24) is 9.78 Å². The smallest absolute Gasteiger partial charge is 0.232 e. The van der Waals surface area contributed by atoms with Crippen molar-refractivity contribution in [3.8, 4) is 16.9 Å². The molecular formula is C31H24N4O2. The van der Waals surface area contributed by atoms with Crippen molar-refractivity contribution >= 4 is 17.4 Å². The SMILES string of the molecule is O=C1Nc2ccccc2C1C1c2c(-c3ccccc3)nn(-c3ccccc3)c2NC1(O)c1ccccc1. The molecule has 0 radical (unpaired) electrons. The fourth-order valence-electron chi connectivity index (χ4n) is 5.79. The van der Waals surface area contributed by atoms with E-state index >= 15 is 0 Å². The molecule has 3 heterocycles. The number of aromatic nitrogens is 2. The van der Waals surface area contributed by atoms with E-state index in [1.807, 2.05) is 120 Å². The van der Waals surface area contributed by atoms with E-state index < -0.39 is 17.6 Å². The number of carbonyl (C=O) groups is 1. The van der Waals surface area contributed by atoms with Gasteiger partial charge in [0.05, 0.1) is 23.2 Å². The van der Waals surface area contributed by atoms with Crippen LogP contribution in [0.3, 0.4) is 0 Å². The lowest BCUT2D eigenvalue weighted by molar-refractivity contribution is -0.119. The number of aliphatic hydroxyl groups is 1. The molecule has 2 aliphatic heterocycles. The van der Waals surface area contributed by atoms with Crippen LogP contribution in [-0.2, 0) is 10.5 Å². The van der Waals surface area contributed by atoms with Gasteiger partial charge in [0.1, 0.15) is 5.82 Å². The summed E-state index contributed by atoms with van der Waals surface area (Å²) in [5.41, 5.74) is 4.12. The summed E-state index contributed by atoms with van der Waals surface area (Å²) in [4.78, 5) is 13.6. The standard InChI is InChI=1S/C31H24N4O2/c36-30-25(23-18-10-11-19-24(23)32-30)27-26-28(20-12-4-1-5-13-20)34-35(22-16-8-3-9-17-22)29(26)33-31(27,37)21-14-6-2-7-15-21/h1-19,25,27,33,37H,(H,32,36). The maximum absolute atomic E-state index is 13.6. The van der Waals surface area contributed by atoms with Crippen molar-refractivity contribution in [3.63, 3.8) is 0 Å². The predicted molar refractivity (Wildman–Crippen MR) is 144 cm³/mol. The molecule has 180 valence electrons. The Morgan fingerprint density at radius 1 is 0.784 bits per heavy atom. The van der Waals surface area contributed by atoms with Gasteiger partial charge in [-0.25, -0.2) is 4.68 Å². The topological polar surface area (TPSA) is 79.2 Å². The Kier molecular flexibility index (Phi) is 4.77. The Bertz CT molecular complexity index is 1620. The molecule has 5 aromatic rings. The molecule has 3 atom stereocenters. The average molecular weight is 485 g/mol. The molecule has 0 saturated carbocycles. The van der Waals surface area contributed by atoms with Crippen LogP contribution in [0.4, 0.5) is 11.5 Å². The molecule has 7 rings (SSSR count). The van der Waals surface area contributed by atoms with Crippen LogP contribution in [0.25, 0.3) is 16.9 Å². The summed E-state index contributed by atoms with van der Waals surface area (Å²) in [5.74, 6) is -0.715. The Labute approximate surface area is 214 Å². The van der Waals surface area contributed by atoms with Gasteiger partial charge in [-0.1, -0.05) is 97.1 Å². The summed E-state index contributed by atoms with van der Waals surface area (Å²) in [6, 6.07) is 37.0. The number of amides is 1. The first kappa shape index (κ1) is 21.6. The summed E-state index contributed by atoms with van der Waals surface area (Å²) in [7, 11) is 0. The fraction of sp³-hybridized carbons (Fsp3) is 0.0968. The molecular weight excluding hydrogens is 460 g/mol. The summed E-state index contributed by atoms with van der Waals surface area (Å²) < 4.78 is 1.84. The molecule has 0 fully saturated rings. The third-order valence-corrected chi connectivity index (χ3v) is 7.42. The molecule has 1 aromatic heterocycles. The summed E-state index contributed by atoms with van der Waals surface area (Å²) >= 11 is 0. The Hall–Kier alpha value is -4.68. The van der Waals surface area contributed by atoms with Crippen LogP contribution < -0.4 is 10.6 Å². The van der Waals surface area contributed by atoms with Crippen molar-refractivity contribution in [2.45, 2.75) is 17.6 Å². The molecule has 0 saturated heterocycles. The van der Waals surface area contributed by atoms with E-state index in [1.54, 1.807) is 0 Å². The van der Waals surface area contributed by atoms with Crippen molar-refractivity contribution in [2.75, 3.05) is 10.6 Å². The third kappa shape index (κ3) is 3.23. The third-order valence-electron chi connectivity index (χ3n) is 7.42. The molecule has 1 amide bonds. The van der Waals surface area contributed by atoms with Gasteiger partial charge in [-0.05, 0) is 23.8 Å². The highest BCUT2D eigenvalue weighted by Crippen LogP contribution is 2.58. The lowest BCUT2D eigenvalue weighted by atomic mass is 9.74. The maximum Gasteiger partial charge on any atom is 0.232 e. The second-order valence-corrected chi connectivity index (χ2v) is 9.51. The van der Waals surface area contributed by atoms with E-state index in [0.717, 1.165) is 33.8 Å². The highest BCUT2D eigenvalue weighted by atomic mass is 16.3. The number of rotatable bonds is 4. The minimum Gasteiger partial charge on any atom is -0.366 e. The lowest BCUT2D eigenvalue weighted by Crippen LogP contribution is -2.41. The summed E-state index contributed by atoms with van der Waals surface area (Å²) in [6.07, 6.45) is 0. The molecule has 0 bridgehead atoms. The number of nitrogens with zero attached hydrogens (tertiary/aromatic N) is 2. The highest BCUT2D eigenvalue weighted by molar-refractivity contribution is 6.04. The molecule has 6 heteroatoms. The number of anilines is 2. The van der Waals surface area contributed by atoms with Crippen molar-refractivity contribution in [2.24, 2.45) is 0 Å². The summed E-state index contributed by atoms with van der Waals surface area (Å²) in [6.45, 7) is 0. The van der Waals surface area contributed by atoms with Crippen LogP contribution >= 0.6 is 0 Å². The zero-order valence-corrected chi connectivity index (χ0v) is 19.9. The van der Waals surface area contributed by atoms with Gasteiger partial charge in [0, 0.05) is 22.4 Å². The van der Waals surface area contributed by atoms with E-state index in [2.05, 4.69) is 10.6 Å². The largest absolute Gasteiger partial charge is 0.366 e. The zero-order chi connectivity index (χ0) is 25.0. The first-order valence-electron chi connectivity index (χ1n) is 12.3. The second-order valence-electron chi connectivity index (χ2n) is 9.51. The minimum atomic E-state index is -1.55. The molecule has 0 spiro atoms. The van der Waals surface area contributed by atoms with E-state index in [-0.39, 0.29) is 5.91 Å². The van der Waals surface area contributed by atoms with Gasteiger partial charge in [0.25, 0.3) is 0 Å². The van der Waals surface area contributed by atoms with Crippen LogP contribution in [0, 0.1) is 0 Å². The molecule has 2 aliphatic rings. The van der Waals surface area contributed by atoms with E-state index in [4.69, 9.17) is 5.10 Å². The van der Waals surface area contributed by atoms with Crippen LogP contribution in [0.5, 0.6) is 0 Å². The Morgan fingerprint density at radius 2 is 1.41 bits per heavy atom. The molecule has 37 heavy (non-hydrogen) atoms. The number of hydrogen-bond donors (Lipinski definition) is 3. The average Bonchev–Trinajstić information content (AvgIpc) is 3.57. The second kappa shape index (κ2) is 8.18. The molecule has 3 N–H and O–H groups in total. The minimum absolute atomic E-state index is 0.137. The van der Waals surface area contributed by atoms with Gasteiger partial charge in [-0.3, -0.25) is 4.79 Å². The summed E-state index contributed by atoms with van der Waals surface area (Å²) in [5, 5.41) is 24.1.